The third kappa shape index (κ3) is 3.41. The van der Waals surface area contributed by atoms with Gasteiger partial charge in [-0.05, 0) is 39.2 Å². The van der Waals surface area contributed by atoms with Crippen LogP contribution in [0.4, 0.5) is 0 Å². The topological polar surface area (TPSA) is 40.5 Å². The van der Waals surface area contributed by atoms with Gasteiger partial charge < -0.3 is 10.0 Å². The fraction of sp³-hybridized carbons (Fsp3) is 0.562. The first kappa shape index (κ1) is 15.1. The molecular formula is C16H21NO2S. The molecule has 0 radical (unpaired) electrons. The van der Waals surface area contributed by atoms with E-state index in [1.807, 2.05) is 16.3 Å². The lowest BCUT2D eigenvalue weighted by Gasteiger charge is -2.38. The molecule has 2 atom stereocenters. The minimum absolute atomic E-state index is 0.0764. The number of likely N-dealkylation sites (tertiary alicyclic amines) is 1. The molecule has 0 aliphatic carbocycles. The van der Waals surface area contributed by atoms with Crippen molar-refractivity contribution < 1.29 is 9.90 Å². The van der Waals surface area contributed by atoms with Crippen LogP contribution in [-0.4, -0.2) is 34.6 Å². The molecule has 3 nitrogen and oxygen atoms in total. The van der Waals surface area contributed by atoms with Crippen molar-refractivity contribution in [3.05, 3.63) is 21.9 Å². The number of piperidine rings is 1. The van der Waals surface area contributed by atoms with E-state index in [2.05, 4.69) is 25.7 Å². The molecule has 0 saturated carbocycles. The molecule has 1 amide bonds. The van der Waals surface area contributed by atoms with Gasteiger partial charge in [-0.15, -0.1) is 11.3 Å². The molecule has 4 heteroatoms. The third-order valence-corrected chi connectivity index (χ3v) is 4.57. The number of aliphatic hydroxyl groups is 1. The highest BCUT2D eigenvalue weighted by atomic mass is 32.1. The number of aliphatic hydroxyl groups excluding tert-OH is 1. The largest absolute Gasteiger partial charge is 0.395 e. The molecule has 0 bridgehead atoms. The molecule has 1 aromatic rings. The maximum atomic E-state index is 12.6. The zero-order valence-electron chi connectivity index (χ0n) is 12.1. The van der Waals surface area contributed by atoms with Gasteiger partial charge in [0.1, 0.15) is 0 Å². The number of amides is 1. The Balaban J connectivity index is 2.11. The summed E-state index contributed by atoms with van der Waals surface area (Å²) in [6.45, 7) is 4.33. The van der Waals surface area contributed by atoms with Crippen LogP contribution in [0.3, 0.4) is 0 Å². The van der Waals surface area contributed by atoms with E-state index < -0.39 is 0 Å². The van der Waals surface area contributed by atoms with Crippen LogP contribution in [0.5, 0.6) is 0 Å². The SMILES string of the molecule is C[C@@H]1CCC[C@H](C)N1C(=O)c1csc(C#CCCO)c1. The summed E-state index contributed by atoms with van der Waals surface area (Å²) in [7, 11) is 0. The summed E-state index contributed by atoms with van der Waals surface area (Å²) in [4.78, 5) is 15.5. The first-order valence-electron chi connectivity index (χ1n) is 7.14. The Morgan fingerprint density at radius 1 is 1.45 bits per heavy atom. The first-order valence-corrected chi connectivity index (χ1v) is 8.02. The van der Waals surface area contributed by atoms with E-state index in [9.17, 15) is 4.79 Å². The lowest BCUT2D eigenvalue weighted by molar-refractivity contribution is 0.0511. The summed E-state index contributed by atoms with van der Waals surface area (Å²) in [5.74, 6) is 5.99. The fourth-order valence-electron chi connectivity index (χ4n) is 2.69. The van der Waals surface area contributed by atoms with Crippen molar-refractivity contribution in [1.29, 1.82) is 0 Å². The van der Waals surface area contributed by atoms with E-state index in [1.54, 1.807) is 0 Å². The summed E-state index contributed by atoms with van der Waals surface area (Å²) >= 11 is 1.49. The van der Waals surface area contributed by atoms with Crippen molar-refractivity contribution in [2.24, 2.45) is 0 Å². The molecule has 2 rings (SSSR count). The van der Waals surface area contributed by atoms with E-state index in [4.69, 9.17) is 5.11 Å². The van der Waals surface area contributed by atoms with Crippen LogP contribution in [0.1, 0.15) is 54.8 Å². The minimum Gasteiger partial charge on any atom is -0.395 e. The number of nitrogens with zero attached hydrogens (tertiary/aromatic N) is 1. The van der Waals surface area contributed by atoms with Gasteiger partial charge in [0.2, 0.25) is 0 Å². The van der Waals surface area contributed by atoms with Crippen molar-refractivity contribution in [1.82, 2.24) is 4.90 Å². The molecule has 0 spiro atoms. The van der Waals surface area contributed by atoms with Crippen molar-refractivity contribution >= 4 is 17.2 Å². The van der Waals surface area contributed by atoms with Crippen molar-refractivity contribution in [3.63, 3.8) is 0 Å². The van der Waals surface area contributed by atoms with E-state index >= 15 is 0 Å². The molecule has 0 unspecified atom stereocenters. The Labute approximate surface area is 124 Å². The molecule has 20 heavy (non-hydrogen) atoms. The predicted molar refractivity (Wildman–Crippen MR) is 81.8 cm³/mol. The summed E-state index contributed by atoms with van der Waals surface area (Å²) in [6.07, 6.45) is 3.85. The van der Waals surface area contributed by atoms with Gasteiger partial charge in [0.15, 0.2) is 0 Å². The van der Waals surface area contributed by atoms with E-state index in [1.165, 1.54) is 17.8 Å². The average Bonchev–Trinajstić information content (AvgIpc) is 2.87. The zero-order valence-corrected chi connectivity index (χ0v) is 12.9. The van der Waals surface area contributed by atoms with Crippen molar-refractivity contribution in [2.75, 3.05) is 6.61 Å². The zero-order chi connectivity index (χ0) is 14.5. The highest BCUT2D eigenvalue weighted by Gasteiger charge is 2.29. The van der Waals surface area contributed by atoms with Crippen LogP contribution in [0.2, 0.25) is 0 Å². The van der Waals surface area contributed by atoms with Gasteiger partial charge in [0.25, 0.3) is 5.91 Å². The van der Waals surface area contributed by atoms with Crippen molar-refractivity contribution in [2.45, 2.75) is 51.6 Å². The molecule has 1 aliphatic rings. The third-order valence-electron chi connectivity index (χ3n) is 3.72. The van der Waals surface area contributed by atoms with Gasteiger partial charge in [-0.1, -0.05) is 11.8 Å². The summed E-state index contributed by atoms with van der Waals surface area (Å²) in [5, 5.41) is 10.6. The molecule has 1 saturated heterocycles. The van der Waals surface area contributed by atoms with Gasteiger partial charge in [-0.2, -0.15) is 0 Å². The lowest BCUT2D eigenvalue weighted by atomic mass is 9.97. The van der Waals surface area contributed by atoms with Crippen LogP contribution in [0.15, 0.2) is 11.4 Å². The van der Waals surface area contributed by atoms with Gasteiger partial charge in [-0.25, -0.2) is 0 Å². The quantitative estimate of drug-likeness (QED) is 0.851. The normalized spacial score (nSPS) is 22.2. The smallest absolute Gasteiger partial charge is 0.255 e. The number of rotatable bonds is 2. The van der Waals surface area contributed by atoms with Crippen molar-refractivity contribution in [3.8, 4) is 11.8 Å². The molecule has 1 aliphatic heterocycles. The molecule has 1 fully saturated rings. The molecular weight excluding hydrogens is 270 g/mol. The van der Waals surface area contributed by atoms with Crippen LogP contribution < -0.4 is 0 Å². The van der Waals surface area contributed by atoms with Crippen LogP contribution in [0.25, 0.3) is 0 Å². The molecule has 108 valence electrons. The van der Waals surface area contributed by atoms with Crippen LogP contribution in [0, 0.1) is 11.8 Å². The van der Waals surface area contributed by atoms with E-state index in [0.717, 1.165) is 23.3 Å². The average molecular weight is 291 g/mol. The predicted octanol–water partition coefficient (Wildman–Crippen LogP) is 2.89. The van der Waals surface area contributed by atoms with E-state index in [-0.39, 0.29) is 12.5 Å². The van der Waals surface area contributed by atoms with Gasteiger partial charge in [-0.3, -0.25) is 4.79 Å². The highest BCUT2D eigenvalue weighted by molar-refractivity contribution is 7.10. The summed E-state index contributed by atoms with van der Waals surface area (Å²) in [6, 6.07) is 2.50. The van der Waals surface area contributed by atoms with Crippen LogP contribution >= 0.6 is 11.3 Å². The second-order valence-corrected chi connectivity index (χ2v) is 6.23. The summed E-state index contributed by atoms with van der Waals surface area (Å²) < 4.78 is 0. The Hall–Kier alpha value is -1.31. The number of hydrogen-bond acceptors (Lipinski definition) is 3. The maximum Gasteiger partial charge on any atom is 0.255 e. The standard InChI is InChI=1S/C16H21NO2S/c1-12-6-5-7-13(2)17(12)16(19)14-10-15(20-11-14)8-3-4-9-18/h10-13,18H,4-7,9H2,1-2H3/t12-,13+. The number of carbonyl (C=O) groups excluding carboxylic acids is 1. The monoisotopic (exact) mass is 291 g/mol. The van der Waals surface area contributed by atoms with E-state index in [0.29, 0.717) is 18.5 Å². The van der Waals surface area contributed by atoms with Gasteiger partial charge in [0.05, 0.1) is 17.0 Å². The number of hydrogen-bond donors (Lipinski definition) is 1. The maximum absolute atomic E-state index is 12.6. The molecule has 1 aromatic heterocycles. The van der Waals surface area contributed by atoms with Gasteiger partial charge in [0, 0.05) is 23.9 Å². The second-order valence-electron chi connectivity index (χ2n) is 5.32. The first-order chi connectivity index (χ1) is 9.63. The Morgan fingerprint density at radius 3 is 2.80 bits per heavy atom. The molecule has 1 N–H and O–H groups in total. The Kier molecular flexibility index (Phi) is 5.22. The molecule has 0 aromatic carbocycles. The fourth-order valence-corrected chi connectivity index (χ4v) is 3.44. The Bertz CT molecular complexity index is 516. The number of thiophene rings is 1. The highest BCUT2D eigenvalue weighted by Crippen LogP contribution is 2.26. The number of carbonyl (C=O) groups is 1. The second kappa shape index (κ2) is 6.92. The Morgan fingerprint density at radius 2 is 2.15 bits per heavy atom. The van der Waals surface area contributed by atoms with Crippen LogP contribution in [-0.2, 0) is 0 Å². The summed E-state index contributed by atoms with van der Waals surface area (Å²) in [5.41, 5.74) is 0.740. The molecule has 2 heterocycles. The minimum atomic E-state index is 0.0764. The lowest BCUT2D eigenvalue weighted by Crippen LogP contribution is -2.47. The van der Waals surface area contributed by atoms with Gasteiger partial charge >= 0.3 is 0 Å².